The van der Waals surface area contributed by atoms with E-state index in [-0.39, 0.29) is 18.3 Å². The number of nitrogens with zero attached hydrogens (tertiary/aromatic N) is 4. The molecule has 124 valence electrons. The molecule has 2 aromatic heterocycles. The average molecular weight is 326 g/mol. The molecule has 5 nitrogen and oxygen atoms in total. The molecule has 0 fully saturated rings. The van der Waals surface area contributed by atoms with Crippen LogP contribution < -0.4 is 0 Å². The zero-order chi connectivity index (χ0) is 17.4. The van der Waals surface area contributed by atoms with Gasteiger partial charge in [-0.05, 0) is 26.0 Å². The van der Waals surface area contributed by atoms with Gasteiger partial charge in [0.25, 0.3) is 5.91 Å². The highest BCUT2D eigenvalue weighted by atomic mass is 19.1. The van der Waals surface area contributed by atoms with Crippen LogP contribution in [-0.2, 0) is 13.6 Å². The third kappa shape index (κ3) is 2.75. The Morgan fingerprint density at radius 2 is 2.00 bits per heavy atom. The number of aryl methyl sites for hydroxylation is 3. The van der Waals surface area contributed by atoms with Crippen LogP contribution in [0.15, 0.2) is 30.3 Å². The maximum Gasteiger partial charge on any atom is 0.254 e. The first-order valence-corrected chi connectivity index (χ1v) is 7.68. The minimum Gasteiger partial charge on any atom is -0.337 e. The number of hydrogen-bond donors (Lipinski definition) is 0. The lowest BCUT2D eigenvalue weighted by Gasteiger charge is -2.18. The van der Waals surface area contributed by atoms with Gasteiger partial charge in [0.2, 0.25) is 0 Å². The molecule has 3 aromatic rings. The van der Waals surface area contributed by atoms with Gasteiger partial charge in [0.15, 0.2) is 5.65 Å². The van der Waals surface area contributed by atoms with Crippen LogP contribution >= 0.6 is 0 Å². The molecule has 0 N–H and O–H groups in total. The van der Waals surface area contributed by atoms with E-state index < -0.39 is 0 Å². The van der Waals surface area contributed by atoms with Crippen molar-refractivity contribution < 1.29 is 9.18 Å². The first kappa shape index (κ1) is 16.1. The number of benzene rings is 1. The third-order valence-corrected chi connectivity index (χ3v) is 4.04. The van der Waals surface area contributed by atoms with Gasteiger partial charge in [-0.15, -0.1) is 0 Å². The fourth-order valence-electron chi connectivity index (χ4n) is 2.90. The van der Waals surface area contributed by atoms with Crippen LogP contribution in [0.3, 0.4) is 0 Å². The van der Waals surface area contributed by atoms with E-state index in [1.807, 2.05) is 13.8 Å². The van der Waals surface area contributed by atoms with E-state index in [2.05, 4.69) is 10.1 Å². The largest absolute Gasteiger partial charge is 0.337 e. The maximum atomic E-state index is 13.8. The summed E-state index contributed by atoms with van der Waals surface area (Å²) in [7, 11) is 3.47. The van der Waals surface area contributed by atoms with Gasteiger partial charge in [-0.3, -0.25) is 9.48 Å². The van der Waals surface area contributed by atoms with Crippen molar-refractivity contribution in [1.82, 2.24) is 19.7 Å². The van der Waals surface area contributed by atoms with Crippen molar-refractivity contribution >= 4 is 16.9 Å². The maximum absolute atomic E-state index is 13.8. The summed E-state index contributed by atoms with van der Waals surface area (Å²) < 4.78 is 15.5. The first-order valence-electron chi connectivity index (χ1n) is 7.68. The molecule has 0 atom stereocenters. The van der Waals surface area contributed by atoms with Crippen LogP contribution in [0.25, 0.3) is 11.0 Å². The molecular weight excluding hydrogens is 307 g/mol. The molecule has 3 rings (SSSR count). The quantitative estimate of drug-likeness (QED) is 0.743. The minimum absolute atomic E-state index is 0.176. The molecule has 0 aliphatic carbocycles. The molecule has 0 aliphatic rings. The van der Waals surface area contributed by atoms with Crippen molar-refractivity contribution in [3.63, 3.8) is 0 Å². The smallest absolute Gasteiger partial charge is 0.254 e. The van der Waals surface area contributed by atoms with Crippen molar-refractivity contribution in [1.29, 1.82) is 0 Å². The Hall–Kier alpha value is -2.76. The zero-order valence-corrected chi connectivity index (χ0v) is 14.2. The lowest BCUT2D eigenvalue weighted by molar-refractivity contribution is 0.0785. The highest BCUT2D eigenvalue weighted by Crippen LogP contribution is 2.23. The number of aromatic nitrogens is 3. The van der Waals surface area contributed by atoms with Gasteiger partial charge in [-0.2, -0.15) is 5.10 Å². The molecule has 0 bridgehead atoms. The summed E-state index contributed by atoms with van der Waals surface area (Å²) in [5.74, 6) is -0.490. The lowest BCUT2D eigenvalue weighted by Crippen LogP contribution is -2.27. The molecule has 0 radical (unpaired) electrons. The number of amides is 1. The number of rotatable bonds is 3. The van der Waals surface area contributed by atoms with Crippen molar-refractivity contribution in [2.24, 2.45) is 7.05 Å². The Bertz CT molecular complexity index is 932. The fraction of sp³-hybridized carbons (Fsp3) is 0.278. The van der Waals surface area contributed by atoms with E-state index in [4.69, 9.17) is 0 Å². The molecule has 1 amide bonds. The van der Waals surface area contributed by atoms with Crippen molar-refractivity contribution in [2.75, 3.05) is 7.05 Å². The fourth-order valence-corrected chi connectivity index (χ4v) is 2.90. The number of halogens is 1. The topological polar surface area (TPSA) is 51.0 Å². The van der Waals surface area contributed by atoms with E-state index in [1.54, 1.807) is 43.0 Å². The second-order valence-corrected chi connectivity index (χ2v) is 5.97. The van der Waals surface area contributed by atoms with Crippen molar-refractivity contribution in [3.8, 4) is 0 Å². The second kappa shape index (κ2) is 6.03. The summed E-state index contributed by atoms with van der Waals surface area (Å²) in [6, 6.07) is 8.24. The Kier molecular flexibility index (Phi) is 4.05. The van der Waals surface area contributed by atoms with Gasteiger partial charge in [0.1, 0.15) is 5.82 Å². The molecule has 0 saturated heterocycles. The predicted octanol–water partition coefficient (Wildman–Crippen LogP) is 3.00. The standard InChI is InChI=1S/C18H19FN4O/c1-11-9-14(16-12(2)21-23(4)17(16)20-11)18(24)22(3)10-13-7-5-6-8-15(13)19/h5-9H,10H2,1-4H3. The van der Waals surface area contributed by atoms with Crippen molar-refractivity contribution in [2.45, 2.75) is 20.4 Å². The van der Waals surface area contributed by atoms with Crippen LogP contribution in [0.5, 0.6) is 0 Å². The molecule has 0 aliphatic heterocycles. The van der Waals surface area contributed by atoms with E-state index in [9.17, 15) is 9.18 Å². The Labute approximate surface area is 139 Å². The van der Waals surface area contributed by atoms with E-state index >= 15 is 0 Å². The molecule has 0 saturated carbocycles. The van der Waals surface area contributed by atoms with Crippen molar-refractivity contribution in [3.05, 3.63) is 58.7 Å². The van der Waals surface area contributed by atoms with Gasteiger partial charge >= 0.3 is 0 Å². The molecule has 0 spiro atoms. The highest BCUT2D eigenvalue weighted by Gasteiger charge is 2.21. The summed E-state index contributed by atoms with van der Waals surface area (Å²) >= 11 is 0. The SMILES string of the molecule is Cc1cc(C(=O)N(C)Cc2ccccc2F)c2c(C)nn(C)c2n1. The van der Waals surface area contributed by atoms with E-state index in [1.165, 1.54) is 11.0 Å². The molecule has 24 heavy (non-hydrogen) atoms. The molecule has 0 unspecified atom stereocenters. The van der Waals surface area contributed by atoms with Crippen LogP contribution in [-0.4, -0.2) is 32.6 Å². The number of hydrogen-bond acceptors (Lipinski definition) is 3. The van der Waals surface area contributed by atoms with Crippen LogP contribution in [0.2, 0.25) is 0 Å². The predicted molar refractivity (Wildman–Crippen MR) is 90.2 cm³/mol. The summed E-state index contributed by atoms with van der Waals surface area (Å²) in [6.07, 6.45) is 0. The summed E-state index contributed by atoms with van der Waals surface area (Å²) in [4.78, 5) is 18.9. The van der Waals surface area contributed by atoms with Gasteiger partial charge in [-0.1, -0.05) is 18.2 Å². The van der Waals surface area contributed by atoms with Crippen LogP contribution in [0, 0.1) is 19.7 Å². The Balaban J connectivity index is 2.01. The Morgan fingerprint density at radius 1 is 1.29 bits per heavy atom. The summed E-state index contributed by atoms with van der Waals surface area (Å²) in [5.41, 5.74) is 3.20. The molecule has 1 aromatic carbocycles. The number of fused-ring (bicyclic) bond motifs is 1. The van der Waals surface area contributed by atoms with Crippen LogP contribution in [0.4, 0.5) is 4.39 Å². The first-order chi connectivity index (χ1) is 11.4. The second-order valence-electron chi connectivity index (χ2n) is 5.97. The van der Waals surface area contributed by atoms with Gasteiger partial charge in [0, 0.05) is 31.9 Å². The monoisotopic (exact) mass is 326 g/mol. The zero-order valence-electron chi connectivity index (χ0n) is 14.2. The van der Waals surface area contributed by atoms with E-state index in [0.29, 0.717) is 16.8 Å². The molecule has 2 heterocycles. The average Bonchev–Trinajstić information content (AvgIpc) is 2.82. The Morgan fingerprint density at radius 3 is 2.71 bits per heavy atom. The van der Waals surface area contributed by atoms with Crippen LogP contribution in [0.1, 0.15) is 27.3 Å². The summed E-state index contributed by atoms with van der Waals surface area (Å²) in [6.45, 7) is 3.90. The minimum atomic E-state index is -0.314. The van der Waals surface area contributed by atoms with Gasteiger partial charge in [-0.25, -0.2) is 9.37 Å². The van der Waals surface area contributed by atoms with Gasteiger partial charge in [0.05, 0.1) is 16.6 Å². The number of carbonyl (C=O) groups excluding carboxylic acids is 1. The highest BCUT2D eigenvalue weighted by molar-refractivity contribution is 6.06. The number of pyridine rings is 1. The van der Waals surface area contributed by atoms with Gasteiger partial charge < -0.3 is 4.90 Å². The molecule has 6 heteroatoms. The normalized spacial score (nSPS) is 11.0. The third-order valence-electron chi connectivity index (χ3n) is 4.04. The number of carbonyl (C=O) groups is 1. The lowest BCUT2D eigenvalue weighted by atomic mass is 10.1. The summed E-state index contributed by atoms with van der Waals surface area (Å²) in [5, 5.41) is 5.10. The molecular formula is C18H19FN4O. The van der Waals surface area contributed by atoms with E-state index in [0.717, 1.165) is 16.8 Å².